The zero-order chi connectivity index (χ0) is 6.81. The third-order valence-electron chi connectivity index (χ3n) is 1.83. The molecule has 2 rings (SSSR count). The third kappa shape index (κ3) is 0.856. The molecule has 0 atom stereocenters. The number of nitrogens with zero attached hydrogens (tertiary/aromatic N) is 1. The molecule has 0 amide bonds. The molecular formula is C8H10N2+. The van der Waals surface area contributed by atoms with Gasteiger partial charge in [0.1, 0.15) is 0 Å². The second-order valence-corrected chi connectivity index (χ2v) is 2.51. The highest BCUT2D eigenvalue weighted by Crippen LogP contribution is 2.11. The zero-order valence-electron chi connectivity index (χ0n) is 5.80. The Balaban J connectivity index is 2.25. The predicted octanol–water partition coefficient (Wildman–Crippen LogP) is 0.210. The quantitative estimate of drug-likeness (QED) is 0.503. The van der Waals surface area contributed by atoms with Gasteiger partial charge in [-0.25, -0.2) is 0 Å². The number of hydrogen-bond donors (Lipinski definition) is 1. The second-order valence-electron chi connectivity index (χ2n) is 2.51. The monoisotopic (exact) mass is 134 g/mol. The highest BCUT2D eigenvalue weighted by molar-refractivity contribution is 5.63. The maximum Gasteiger partial charge on any atom is 0.237 e. The molecule has 0 aliphatic carbocycles. The van der Waals surface area contributed by atoms with Gasteiger partial charge in [0, 0.05) is 22.8 Å². The Hall–Kier alpha value is -1.05. The van der Waals surface area contributed by atoms with Gasteiger partial charge in [0.2, 0.25) is 12.8 Å². The van der Waals surface area contributed by atoms with E-state index in [1.165, 1.54) is 11.3 Å². The molecule has 2 aliphatic rings. The van der Waals surface area contributed by atoms with Crippen LogP contribution in [0.15, 0.2) is 23.4 Å². The second kappa shape index (κ2) is 2.29. The van der Waals surface area contributed by atoms with E-state index in [0.717, 1.165) is 19.5 Å². The summed E-state index contributed by atoms with van der Waals surface area (Å²) >= 11 is 0. The van der Waals surface area contributed by atoms with E-state index in [2.05, 4.69) is 22.5 Å². The molecule has 1 radical (unpaired) electrons. The maximum atomic E-state index is 4.19. The number of nitrogens with one attached hydrogen (secondary N) is 1. The molecule has 10 heavy (non-hydrogen) atoms. The molecule has 2 heterocycles. The Morgan fingerprint density at radius 3 is 3.40 bits per heavy atom. The summed E-state index contributed by atoms with van der Waals surface area (Å²) in [5, 5.41) is 3.32. The van der Waals surface area contributed by atoms with Gasteiger partial charge in [-0.15, -0.1) is 0 Å². The van der Waals surface area contributed by atoms with Crippen LogP contribution in [0.5, 0.6) is 0 Å². The molecule has 0 spiro atoms. The van der Waals surface area contributed by atoms with Crippen molar-refractivity contribution >= 4 is 6.21 Å². The molecular weight excluding hydrogens is 124 g/mol. The van der Waals surface area contributed by atoms with E-state index < -0.39 is 0 Å². The van der Waals surface area contributed by atoms with E-state index in [4.69, 9.17) is 0 Å². The van der Waals surface area contributed by atoms with Gasteiger partial charge in [-0.2, -0.15) is 0 Å². The summed E-state index contributed by atoms with van der Waals surface area (Å²) < 4.78 is 0. The van der Waals surface area contributed by atoms with E-state index in [1.807, 2.05) is 6.21 Å². The van der Waals surface area contributed by atoms with Gasteiger partial charge >= 0.3 is 0 Å². The van der Waals surface area contributed by atoms with Crippen LogP contribution in [-0.2, 0) is 0 Å². The Labute approximate surface area is 60.3 Å². The van der Waals surface area contributed by atoms with Crippen LogP contribution in [0.3, 0.4) is 0 Å². The molecule has 1 N–H and O–H groups in total. The molecule has 2 aliphatic heterocycles. The summed E-state index contributed by atoms with van der Waals surface area (Å²) in [5.74, 6) is 0. The van der Waals surface area contributed by atoms with Gasteiger partial charge in [-0.05, 0) is 0 Å². The zero-order valence-corrected chi connectivity index (χ0v) is 5.80. The lowest BCUT2D eigenvalue weighted by atomic mass is 10.1. The van der Waals surface area contributed by atoms with Crippen molar-refractivity contribution in [3.63, 3.8) is 0 Å². The van der Waals surface area contributed by atoms with Crippen molar-refractivity contribution in [1.82, 2.24) is 10.3 Å². The van der Waals surface area contributed by atoms with Crippen LogP contribution in [0.4, 0.5) is 0 Å². The molecule has 0 aromatic rings. The van der Waals surface area contributed by atoms with Crippen LogP contribution >= 0.6 is 0 Å². The van der Waals surface area contributed by atoms with Crippen molar-refractivity contribution < 1.29 is 0 Å². The fourth-order valence-corrected chi connectivity index (χ4v) is 1.27. The van der Waals surface area contributed by atoms with Crippen LogP contribution in [0, 0.1) is 0 Å². The summed E-state index contributed by atoms with van der Waals surface area (Å²) in [7, 11) is 0. The van der Waals surface area contributed by atoms with Gasteiger partial charge in [-0.1, -0.05) is 12.2 Å². The molecule has 0 aromatic heterocycles. The molecule has 0 unspecified atom stereocenters. The van der Waals surface area contributed by atoms with Crippen LogP contribution in [0.25, 0.3) is 0 Å². The molecule has 0 bridgehead atoms. The van der Waals surface area contributed by atoms with E-state index >= 15 is 0 Å². The lowest BCUT2D eigenvalue weighted by Gasteiger charge is -2.13. The largest absolute Gasteiger partial charge is 0.384 e. The van der Waals surface area contributed by atoms with E-state index in [0.29, 0.717) is 0 Å². The van der Waals surface area contributed by atoms with Gasteiger partial charge in [-0.3, -0.25) is 0 Å². The first kappa shape index (κ1) is 5.71. The number of rotatable bonds is 0. The Morgan fingerprint density at radius 1 is 1.50 bits per heavy atom. The van der Waals surface area contributed by atoms with E-state index in [1.54, 1.807) is 0 Å². The van der Waals surface area contributed by atoms with Gasteiger partial charge in [0.25, 0.3) is 0 Å². The third-order valence-corrected chi connectivity index (χ3v) is 1.83. The number of aliphatic imine (C=N–C) groups is 1. The lowest BCUT2D eigenvalue weighted by molar-refractivity contribution is 0.815. The van der Waals surface area contributed by atoms with Crippen molar-refractivity contribution in [1.29, 1.82) is 0 Å². The fourth-order valence-electron chi connectivity index (χ4n) is 1.27. The molecule has 2 heteroatoms. The maximum absolute atomic E-state index is 4.19. The molecule has 0 saturated heterocycles. The van der Waals surface area contributed by atoms with Gasteiger partial charge in [0.15, 0.2) is 0 Å². The molecule has 51 valence electrons. The first-order valence-corrected chi connectivity index (χ1v) is 3.57. The fraction of sp³-hybridized carbons (Fsp3) is 0.375. The average Bonchev–Trinajstić information content (AvgIpc) is 2.05. The minimum atomic E-state index is 0.860. The molecule has 0 aromatic carbocycles. The van der Waals surface area contributed by atoms with Gasteiger partial charge < -0.3 is 5.32 Å². The normalized spacial score (nSPS) is 22.4. The topological polar surface area (TPSA) is 26.1 Å². The van der Waals surface area contributed by atoms with Crippen molar-refractivity contribution in [2.24, 2.45) is 0 Å². The van der Waals surface area contributed by atoms with E-state index in [9.17, 15) is 0 Å². The summed E-state index contributed by atoms with van der Waals surface area (Å²) in [6, 6.07) is 0. The summed E-state index contributed by atoms with van der Waals surface area (Å²) in [5.41, 5.74) is 2.71. The van der Waals surface area contributed by atoms with E-state index in [-0.39, 0.29) is 0 Å². The Kier molecular flexibility index (Phi) is 1.31. The van der Waals surface area contributed by atoms with Crippen LogP contribution in [0.1, 0.15) is 6.42 Å². The summed E-state index contributed by atoms with van der Waals surface area (Å²) in [6.07, 6.45) is 7.27. The highest BCUT2D eigenvalue weighted by atomic mass is 14.9. The summed E-state index contributed by atoms with van der Waals surface area (Å²) in [6.45, 7) is 1.84. The first-order valence-electron chi connectivity index (χ1n) is 3.57. The molecule has 0 fully saturated rings. The SMILES string of the molecule is C1=CC2=C(CC=[N+]C2)NC1. The van der Waals surface area contributed by atoms with Crippen molar-refractivity contribution in [2.45, 2.75) is 6.42 Å². The van der Waals surface area contributed by atoms with Crippen LogP contribution < -0.4 is 10.3 Å². The number of allylic oxidation sites excluding steroid dienone is 1. The Bertz CT molecular complexity index is 223. The standard InChI is InChI=1S/C8H10N2/c1-2-7-6-9-5-3-8(7)10-4-1/h1-2,5,10H,3-4,6H2/q+1. The van der Waals surface area contributed by atoms with Crippen molar-refractivity contribution in [3.05, 3.63) is 23.4 Å². The van der Waals surface area contributed by atoms with Gasteiger partial charge in [0.05, 0.1) is 6.42 Å². The Morgan fingerprint density at radius 2 is 2.50 bits per heavy atom. The minimum Gasteiger partial charge on any atom is -0.384 e. The smallest absolute Gasteiger partial charge is 0.237 e. The molecule has 0 saturated carbocycles. The van der Waals surface area contributed by atoms with Crippen molar-refractivity contribution in [2.75, 3.05) is 13.1 Å². The predicted molar refractivity (Wildman–Crippen MR) is 41.9 cm³/mol. The number of hydrogen-bond acceptors (Lipinski definition) is 2. The summed E-state index contributed by atoms with van der Waals surface area (Å²) in [4.78, 5) is 4.19. The first-order chi connectivity index (χ1) is 4.97. The van der Waals surface area contributed by atoms with Crippen LogP contribution in [-0.4, -0.2) is 19.3 Å². The lowest BCUT2D eigenvalue weighted by Crippen LogP contribution is -2.24. The molecule has 2 nitrogen and oxygen atoms in total. The number of dihydropyridines is 2. The minimum absolute atomic E-state index is 0.860. The average molecular weight is 134 g/mol. The van der Waals surface area contributed by atoms with Crippen LogP contribution in [0.2, 0.25) is 0 Å². The highest BCUT2D eigenvalue weighted by Gasteiger charge is 2.15. The van der Waals surface area contributed by atoms with Crippen molar-refractivity contribution in [3.8, 4) is 0 Å².